The molecule has 2 N–H and O–H groups in total. The van der Waals surface area contributed by atoms with Crippen LogP contribution in [0.2, 0.25) is 0 Å². The predicted octanol–water partition coefficient (Wildman–Crippen LogP) is 2.84. The molecule has 0 radical (unpaired) electrons. The average molecular weight is 337 g/mol. The van der Waals surface area contributed by atoms with Gasteiger partial charge in [0.1, 0.15) is 12.4 Å². The number of benzene rings is 1. The molecule has 2 heterocycles. The van der Waals surface area contributed by atoms with E-state index in [4.69, 9.17) is 14.9 Å². The van der Waals surface area contributed by atoms with Crippen LogP contribution >= 0.6 is 12.4 Å². The van der Waals surface area contributed by atoms with Gasteiger partial charge >= 0.3 is 0 Å². The topological polar surface area (TPSA) is 68.7 Å². The molecule has 5 nitrogen and oxygen atoms in total. The van der Waals surface area contributed by atoms with E-state index in [-0.39, 0.29) is 24.4 Å². The highest BCUT2D eigenvalue weighted by atomic mass is 35.5. The van der Waals surface area contributed by atoms with E-state index in [9.17, 15) is 4.79 Å². The molecule has 1 aliphatic rings. The van der Waals surface area contributed by atoms with Crippen LogP contribution in [-0.2, 0) is 6.61 Å². The molecule has 23 heavy (non-hydrogen) atoms. The number of likely N-dealkylation sites (tertiary alicyclic amines) is 1. The zero-order valence-corrected chi connectivity index (χ0v) is 13.6. The summed E-state index contributed by atoms with van der Waals surface area (Å²) in [6.07, 6.45) is 3.43. The lowest BCUT2D eigenvalue weighted by Gasteiger charge is -2.30. The quantitative estimate of drug-likeness (QED) is 0.932. The normalized spacial score (nSPS) is 17.4. The molecule has 1 aromatic heterocycles. The number of carbonyl (C=O) groups excluding carboxylic acids is 1. The summed E-state index contributed by atoms with van der Waals surface area (Å²) < 4.78 is 11.1. The maximum Gasteiger partial charge on any atom is 0.290 e. The third-order valence-corrected chi connectivity index (χ3v) is 3.82. The standard InChI is InChI=1S/C17H20N2O3.ClH/c18-14-5-4-9-19(11-14)17(20)16-13(8-10-21-16)12-22-15-6-2-1-3-7-15;/h1-3,6-8,10,14H,4-5,9,11-12,18H2;1H. The molecule has 1 atom stereocenters. The number of ether oxygens (including phenoxy) is 1. The van der Waals surface area contributed by atoms with Crippen LogP contribution in [0.3, 0.4) is 0 Å². The molecule has 6 heteroatoms. The largest absolute Gasteiger partial charge is 0.489 e. The van der Waals surface area contributed by atoms with Crippen molar-refractivity contribution in [1.29, 1.82) is 0 Å². The number of carbonyl (C=O) groups is 1. The number of furan rings is 1. The molecule has 124 valence electrons. The van der Waals surface area contributed by atoms with Gasteiger partial charge in [0.05, 0.1) is 6.26 Å². The van der Waals surface area contributed by atoms with Gasteiger partial charge in [-0.05, 0) is 31.0 Å². The van der Waals surface area contributed by atoms with Gasteiger partial charge in [-0.3, -0.25) is 4.79 Å². The second-order valence-corrected chi connectivity index (χ2v) is 5.53. The first-order valence-electron chi connectivity index (χ1n) is 7.53. The van der Waals surface area contributed by atoms with E-state index in [1.54, 1.807) is 11.0 Å². The smallest absolute Gasteiger partial charge is 0.290 e. The van der Waals surface area contributed by atoms with Gasteiger partial charge in [0.2, 0.25) is 0 Å². The molecule has 0 aliphatic carbocycles. The fourth-order valence-electron chi connectivity index (χ4n) is 2.65. The Kier molecular flexibility index (Phi) is 6.07. The summed E-state index contributed by atoms with van der Waals surface area (Å²) in [7, 11) is 0. The van der Waals surface area contributed by atoms with E-state index in [2.05, 4.69) is 0 Å². The first-order chi connectivity index (χ1) is 10.7. The second kappa shape index (κ2) is 8.04. The lowest BCUT2D eigenvalue weighted by Crippen LogP contribution is -2.45. The predicted molar refractivity (Wildman–Crippen MR) is 89.8 cm³/mol. The van der Waals surface area contributed by atoms with Crippen molar-refractivity contribution in [2.24, 2.45) is 5.73 Å². The first-order valence-corrected chi connectivity index (χ1v) is 7.53. The van der Waals surface area contributed by atoms with E-state index in [1.807, 2.05) is 30.3 Å². The Morgan fingerprint density at radius 3 is 2.83 bits per heavy atom. The Bertz CT molecular complexity index is 630. The minimum absolute atomic E-state index is 0. The molecular weight excluding hydrogens is 316 g/mol. The Labute approximate surface area is 141 Å². The summed E-state index contributed by atoms with van der Waals surface area (Å²) in [5.74, 6) is 1.01. The first kappa shape index (κ1) is 17.4. The third kappa shape index (κ3) is 4.27. The Morgan fingerprint density at radius 1 is 1.30 bits per heavy atom. The molecule has 1 aromatic carbocycles. The molecular formula is C17H21ClN2O3. The highest BCUT2D eigenvalue weighted by Gasteiger charge is 2.26. The molecule has 1 fully saturated rings. The molecule has 1 saturated heterocycles. The number of amides is 1. The highest BCUT2D eigenvalue weighted by molar-refractivity contribution is 5.93. The van der Waals surface area contributed by atoms with Crippen LogP contribution < -0.4 is 10.5 Å². The Morgan fingerprint density at radius 2 is 2.09 bits per heavy atom. The van der Waals surface area contributed by atoms with E-state index in [0.29, 0.717) is 18.9 Å². The summed E-state index contributed by atoms with van der Waals surface area (Å²) in [6.45, 7) is 1.62. The van der Waals surface area contributed by atoms with Crippen LogP contribution in [0.4, 0.5) is 0 Å². The molecule has 1 amide bonds. The van der Waals surface area contributed by atoms with E-state index in [0.717, 1.165) is 30.7 Å². The molecule has 1 unspecified atom stereocenters. The fraction of sp³-hybridized carbons (Fsp3) is 0.353. The molecule has 0 spiro atoms. The number of nitrogens with two attached hydrogens (primary N) is 1. The minimum atomic E-state index is -0.105. The van der Waals surface area contributed by atoms with Crippen molar-refractivity contribution in [3.63, 3.8) is 0 Å². The Hall–Kier alpha value is -1.98. The van der Waals surface area contributed by atoms with Crippen molar-refractivity contribution in [3.8, 4) is 5.75 Å². The van der Waals surface area contributed by atoms with Crippen molar-refractivity contribution in [3.05, 3.63) is 54.0 Å². The Balaban J connectivity index is 0.00000192. The number of hydrogen-bond acceptors (Lipinski definition) is 4. The molecule has 0 bridgehead atoms. The third-order valence-electron chi connectivity index (χ3n) is 3.82. The van der Waals surface area contributed by atoms with Gasteiger partial charge in [0.25, 0.3) is 5.91 Å². The number of para-hydroxylation sites is 1. The van der Waals surface area contributed by atoms with Crippen molar-refractivity contribution in [1.82, 2.24) is 4.90 Å². The monoisotopic (exact) mass is 336 g/mol. The number of halogens is 1. The van der Waals surface area contributed by atoms with Crippen LogP contribution in [0.1, 0.15) is 29.0 Å². The summed E-state index contributed by atoms with van der Waals surface area (Å²) >= 11 is 0. The average Bonchev–Trinajstić information content (AvgIpc) is 3.01. The molecule has 3 rings (SSSR count). The SMILES string of the molecule is Cl.NC1CCCN(C(=O)c2occc2COc2ccccc2)C1. The number of hydrogen-bond donors (Lipinski definition) is 1. The highest BCUT2D eigenvalue weighted by Crippen LogP contribution is 2.19. The summed E-state index contributed by atoms with van der Waals surface area (Å²) in [6, 6.07) is 11.3. The summed E-state index contributed by atoms with van der Waals surface area (Å²) in [5.41, 5.74) is 6.70. The van der Waals surface area contributed by atoms with E-state index >= 15 is 0 Å². The minimum Gasteiger partial charge on any atom is -0.489 e. The van der Waals surface area contributed by atoms with Crippen LogP contribution in [0.5, 0.6) is 5.75 Å². The maximum absolute atomic E-state index is 12.6. The van der Waals surface area contributed by atoms with Gasteiger partial charge in [-0.2, -0.15) is 0 Å². The van der Waals surface area contributed by atoms with Crippen molar-refractivity contribution < 1.29 is 13.9 Å². The number of piperidine rings is 1. The van der Waals surface area contributed by atoms with Gasteiger partial charge in [-0.1, -0.05) is 18.2 Å². The maximum atomic E-state index is 12.6. The second-order valence-electron chi connectivity index (χ2n) is 5.53. The van der Waals surface area contributed by atoms with Crippen LogP contribution in [0, 0.1) is 0 Å². The summed E-state index contributed by atoms with van der Waals surface area (Å²) in [4.78, 5) is 14.3. The lowest BCUT2D eigenvalue weighted by atomic mass is 10.1. The summed E-state index contributed by atoms with van der Waals surface area (Å²) in [5, 5.41) is 0. The van der Waals surface area contributed by atoms with Gasteiger partial charge < -0.3 is 19.8 Å². The van der Waals surface area contributed by atoms with Crippen molar-refractivity contribution in [2.45, 2.75) is 25.5 Å². The molecule has 2 aromatic rings. The lowest BCUT2D eigenvalue weighted by molar-refractivity contribution is 0.0673. The number of nitrogens with zero attached hydrogens (tertiary/aromatic N) is 1. The number of rotatable bonds is 4. The van der Waals surface area contributed by atoms with Crippen molar-refractivity contribution in [2.75, 3.05) is 13.1 Å². The van der Waals surface area contributed by atoms with Crippen molar-refractivity contribution >= 4 is 18.3 Å². The van der Waals surface area contributed by atoms with E-state index < -0.39 is 0 Å². The molecule has 1 aliphatic heterocycles. The van der Waals surface area contributed by atoms with Crippen LogP contribution in [-0.4, -0.2) is 29.9 Å². The van der Waals surface area contributed by atoms with Crippen LogP contribution in [0.15, 0.2) is 47.1 Å². The van der Waals surface area contributed by atoms with Crippen LogP contribution in [0.25, 0.3) is 0 Å². The van der Waals surface area contributed by atoms with Gasteiger partial charge in [-0.15, -0.1) is 12.4 Å². The van der Waals surface area contributed by atoms with Gasteiger partial charge in [0, 0.05) is 24.7 Å². The van der Waals surface area contributed by atoms with Gasteiger partial charge in [-0.25, -0.2) is 0 Å². The van der Waals surface area contributed by atoms with E-state index in [1.165, 1.54) is 6.26 Å². The van der Waals surface area contributed by atoms with Gasteiger partial charge in [0.15, 0.2) is 5.76 Å². The zero-order chi connectivity index (χ0) is 15.4. The fourth-order valence-corrected chi connectivity index (χ4v) is 2.65. The zero-order valence-electron chi connectivity index (χ0n) is 12.8. The molecule has 0 saturated carbocycles.